The molecule has 3 saturated heterocycles. The van der Waals surface area contributed by atoms with Crippen molar-refractivity contribution in [1.82, 2.24) is 15.1 Å². The fourth-order valence-electron chi connectivity index (χ4n) is 4.18. The lowest BCUT2D eigenvalue weighted by molar-refractivity contribution is 0.168. The highest BCUT2D eigenvalue weighted by Gasteiger charge is 2.31. The quantitative estimate of drug-likeness (QED) is 0.447. The van der Waals surface area contributed by atoms with Gasteiger partial charge in [0.2, 0.25) is 0 Å². The van der Waals surface area contributed by atoms with Crippen molar-refractivity contribution in [3.05, 3.63) is 12.7 Å². The zero-order valence-electron chi connectivity index (χ0n) is 15.2. The number of sulfone groups is 1. The van der Waals surface area contributed by atoms with Crippen molar-refractivity contribution in [1.29, 1.82) is 0 Å². The summed E-state index contributed by atoms with van der Waals surface area (Å²) in [5, 5.41) is 3.37. The maximum atomic E-state index is 11.6. The molecule has 3 aliphatic heterocycles. The molecule has 0 radical (unpaired) electrons. The Morgan fingerprint density at radius 2 is 2.00 bits per heavy atom. The molecule has 25 heavy (non-hydrogen) atoms. The maximum absolute atomic E-state index is 11.6. The first kappa shape index (κ1) is 18.7. The van der Waals surface area contributed by atoms with Crippen LogP contribution >= 0.6 is 0 Å². The normalized spacial score (nSPS) is 30.6. The molecule has 0 bridgehead atoms. The van der Waals surface area contributed by atoms with Crippen molar-refractivity contribution in [3.63, 3.8) is 0 Å². The van der Waals surface area contributed by atoms with Crippen molar-refractivity contribution in [3.8, 4) is 0 Å². The van der Waals surface area contributed by atoms with Crippen LogP contribution in [-0.4, -0.2) is 81.0 Å². The molecule has 6 nitrogen and oxygen atoms in total. The monoisotopic (exact) mass is 368 g/mol. The number of rotatable bonds is 5. The molecule has 0 aromatic carbocycles. The lowest BCUT2D eigenvalue weighted by Crippen LogP contribution is -2.44. The second-order valence-corrected chi connectivity index (χ2v) is 9.82. The third kappa shape index (κ3) is 5.20. The van der Waals surface area contributed by atoms with Gasteiger partial charge >= 0.3 is 0 Å². The summed E-state index contributed by atoms with van der Waals surface area (Å²) in [5.74, 6) is 1.71. The second-order valence-electron chi connectivity index (χ2n) is 7.59. The predicted octanol–water partition coefficient (Wildman–Crippen LogP) is 1.11. The number of hydrogen-bond donors (Lipinski definition) is 1. The van der Waals surface area contributed by atoms with Crippen molar-refractivity contribution < 1.29 is 8.42 Å². The Morgan fingerprint density at radius 1 is 1.20 bits per heavy atom. The van der Waals surface area contributed by atoms with Gasteiger partial charge in [-0.1, -0.05) is 12.5 Å². The van der Waals surface area contributed by atoms with Crippen LogP contribution in [0.3, 0.4) is 0 Å². The molecule has 0 saturated carbocycles. The number of piperidine rings is 1. The number of hydrogen-bond acceptors (Lipinski definition) is 4. The molecule has 2 unspecified atom stereocenters. The van der Waals surface area contributed by atoms with E-state index >= 15 is 0 Å². The topological polar surface area (TPSA) is 65.0 Å². The highest BCUT2D eigenvalue weighted by Crippen LogP contribution is 2.21. The van der Waals surface area contributed by atoms with Crippen LogP contribution in [0.15, 0.2) is 17.6 Å². The minimum Gasteiger partial charge on any atom is -0.353 e. The van der Waals surface area contributed by atoms with E-state index < -0.39 is 9.84 Å². The van der Waals surface area contributed by atoms with Gasteiger partial charge < -0.3 is 10.2 Å². The van der Waals surface area contributed by atoms with Crippen LogP contribution in [0.4, 0.5) is 0 Å². The summed E-state index contributed by atoms with van der Waals surface area (Å²) in [7, 11) is -2.83. The van der Waals surface area contributed by atoms with Crippen LogP contribution in [0.2, 0.25) is 0 Å². The molecule has 0 spiro atoms. The minimum absolute atomic E-state index is 0.172. The number of nitrogens with zero attached hydrogens (tertiary/aromatic N) is 3. The first-order chi connectivity index (χ1) is 12.1. The van der Waals surface area contributed by atoms with Crippen molar-refractivity contribution in [2.24, 2.45) is 10.9 Å². The summed E-state index contributed by atoms with van der Waals surface area (Å²) in [6.45, 7) is 9.56. The second kappa shape index (κ2) is 8.54. The Balaban J connectivity index is 1.58. The van der Waals surface area contributed by atoms with Gasteiger partial charge in [-0.25, -0.2) is 8.42 Å². The van der Waals surface area contributed by atoms with Gasteiger partial charge in [0, 0.05) is 32.2 Å². The molecule has 0 aromatic heterocycles. The fourth-order valence-corrected chi connectivity index (χ4v) is 6.03. The number of likely N-dealkylation sites (tertiary alicyclic amines) is 2. The molecule has 3 fully saturated rings. The van der Waals surface area contributed by atoms with Crippen LogP contribution in [-0.2, 0) is 9.84 Å². The van der Waals surface area contributed by atoms with E-state index in [1.807, 2.05) is 6.08 Å². The molecule has 1 N–H and O–H groups in total. The van der Waals surface area contributed by atoms with E-state index in [1.165, 1.54) is 38.8 Å². The van der Waals surface area contributed by atoms with Crippen molar-refractivity contribution in [2.45, 2.75) is 38.1 Å². The van der Waals surface area contributed by atoms with Gasteiger partial charge in [-0.3, -0.25) is 9.89 Å². The van der Waals surface area contributed by atoms with Crippen LogP contribution in [0.1, 0.15) is 32.1 Å². The van der Waals surface area contributed by atoms with E-state index in [4.69, 9.17) is 4.99 Å². The average molecular weight is 369 g/mol. The first-order valence-electron chi connectivity index (χ1n) is 9.66. The lowest BCUT2D eigenvalue weighted by Gasteiger charge is -2.32. The van der Waals surface area contributed by atoms with E-state index in [2.05, 4.69) is 21.7 Å². The standard InChI is InChI=1S/C18H32N4O2S/c1-2-8-19-18(20-13-16-7-12-25(23,24)15-16)22-11-6-17(14-22)21-9-4-3-5-10-21/h2,16-17H,1,3-15H2,(H,19,20). The van der Waals surface area contributed by atoms with Gasteiger partial charge in [-0.2, -0.15) is 0 Å². The SMILES string of the molecule is C=CCNC(=NCC1CCS(=O)(=O)C1)N1CCC(N2CCCCC2)C1. The van der Waals surface area contributed by atoms with E-state index in [0.717, 1.165) is 25.5 Å². The summed E-state index contributed by atoms with van der Waals surface area (Å²) in [6.07, 6.45) is 7.78. The molecule has 3 aliphatic rings. The minimum atomic E-state index is -2.83. The van der Waals surface area contributed by atoms with Crippen LogP contribution < -0.4 is 5.32 Å². The first-order valence-corrected chi connectivity index (χ1v) is 11.5. The van der Waals surface area contributed by atoms with E-state index in [1.54, 1.807) is 0 Å². The van der Waals surface area contributed by atoms with Gasteiger partial charge in [0.15, 0.2) is 15.8 Å². The van der Waals surface area contributed by atoms with Gasteiger partial charge in [0.1, 0.15) is 0 Å². The largest absolute Gasteiger partial charge is 0.353 e. The van der Waals surface area contributed by atoms with E-state index in [9.17, 15) is 8.42 Å². The number of guanidine groups is 1. The molecule has 142 valence electrons. The smallest absolute Gasteiger partial charge is 0.194 e. The third-order valence-electron chi connectivity index (χ3n) is 5.60. The molecule has 3 rings (SSSR count). The molecular formula is C18H32N4O2S. The van der Waals surface area contributed by atoms with Crippen LogP contribution in [0, 0.1) is 5.92 Å². The maximum Gasteiger partial charge on any atom is 0.194 e. The molecule has 3 heterocycles. The number of aliphatic imine (C=N–C) groups is 1. The zero-order chi connectivity index (χ0) is 17.7. The summed E-state index contributed by atoms with van der Waals surface area (Å²) >= 11 is 0. The Bertz CT molecular complexity index is 584. The van der Waals surface area contributed by atoms with Gasteiger partial charge in [-0.05, 0) is 44.7 Å². The van der Waals surface area contributed by atoms with Crippen molar-refractivity contribution >= 4 is 15.8 Å². The van der Waals surface area contributed by atoms with Crippen LogP contribution in [0.25, 0.3) is 0 Å². The van der Waals surface area contributed by atoms with Crippen molar-refractivity contribution in [2.75, 3.05) is 50.8 Å². The van der Waals surface area contributed by atoms with Gasteiger partial charge in [-0.15, -0.1) is 6.58 Å². The van der Waals surface area contributed by atoms with Crippen LogP contribution in [0.5, 0.6) is 0 Å². The highest BCUT2D eigenvalue weighted by molar-refractivity contribution is 7.91. The molecule has 0 aliphatic carbocycles. The Labute approximate surface area is 152 Å². The fraction of sp³-hybridized carbons (Fsp3) is 0.833. The Morgan fingerprint density at radius 3 is 2.68 bits per heavy atom. The number of nitrogens with one attached hydrogen (secondary N) is 1. The molecule has 7 heteroatoms. The van der Waals surface area contributed by atoms with Gasteiger partial charge in [0.25, 0.3) is 0 Å². The summed E-state index contributed by atoms with van der Waals surface area (Å²) in [4.78, 5) is 9.75. The Kier molecular flexibility index (Phi) is 6.39. The summed E-state index contributed by atoms with van der Waals surface area (Å²) in [5.41, 5.74) is 0. The lowest BCUT2D eigenvalue weighted by atomic mass is 10.1. The average Bonchev–Trinajstić information content (AvgIpc) is 3.22. The van der Waals surface area contributed by atoms with Gasteiger partial charge in [0.05, 0.1) is 11.5 Å². The predicted molar refractivity (Wildman–Crippen MR) is 103 cm³/mol. The molecular weight excluding hydrogens is 336 g/mol. The summed E-state index contributed by atoms with van der Waals surface area (Å²) < 4.78 is 23.3. The van der Waals surface area contributed by atoms with E-state index in [-0.39, 0.29) is 5.92 Å². The Hall–Kier alpha value is -1.08. The molecule has 0 aromatic rings. The van der Waals surface area contributed by atoms with E-state index in [0.29, 0.717) is 30.6 Å². The zero-order valence-corrected chi connectivity index (χ0v) is 16.0. The molecule has 0 amide bonds. The highest BCUT2D eigenvalue weighted by atomic mass is 32.2. The molecule has 2 atom stereocenters. The third-order valence-corrected chi connectivity index (χ3v) is 7.44. The summed E-state index contributed by atoms with van der Waals surface area (Å²) in [6, 6.07) is 0.628.